The van der Waals surface area contributed by atoms with Gasteiger partial charge in [0.2, 0.25) is 0 Å². The number of aryl methyl sites for hydroxylation is 1. The van der Waals surface area contributed by atoms with Gasteiger partial charge in [0.15, 0.2) is 11.6 Å². The van der Waals surface area contributed by atoms with E-state index >= 15 is 0 Å². The van der Waals surface area contributed by atoms with Crippen LogP contribution < -0.4 is 9.80 Å². The normalized spacial score (nSPS) is 17.5. The van der Waals surface area contributed by atoms with E-state index in [4.69, 9.17) is 0 Å². The highest BCUT2D eigenvalue weighted by Gasteiger charge is 2.26. The minimum atomic E-state index is 0.0170. The van der Waals surface area contributed by atoms with Crippen LogP contribution in [-0.4, -0.2) is 95.1 Å². The monoisotopic (exact) mass is 446 g/mol. The highest BCUT2D eigenvalue weighted by atomic mass is 16.2. The van der Waals surface area contributed by atoms with Crippen molar-refractivity contribution in [2.24, 2.45) is 7.05 Å². The van der Waals surface area contributed by atoms with Gasteiger partial charge in [-0.25, -0.2) is 0 Å². The lowest BCUT2D eigenvalue weighted by Gasteiger charge is -2.35. The van der Waals surface area contributed by atoms with Gasteiger partial charge in [0.25, 0.3) is 5.91 Å². The molecule has 0 atom stereocenters. The SMILES string of the molecule is CN1CCN(c2ccc(N3CCN(C(=O)c4cc(-c5ccccc5)nn4C)CC3)nn2)CC1. The lowest BCUT2D eigenvalue weighted by Crippen LogP contribution is -2.49. The van der Waals surface area contributed by atoms with Gasteiger partial charge in [0.1, 0.15) is 5.69 Å². The molecule has 33 heavy (non-hydrogen) atoms. The summed E-state index contributed by atoms with van der Waals surface area (Å²) in [6.07, 6.45) is 0. The number of nitrogens with zero attached hydrogens (tertiary/aromatic N) is 8. The van der Waals surface area contributed by atoms with Crippen LogP contribution >= 0.6 is 0 Å². The van der Waals surface area contributed by atoms with E-state index < -0.39 is 0 Å². The fraction of sp³-hybridized carbons (Fsp3) is 0.417. The van der Waals surface area contributed by atoms with Crippen LogP contribution in [0.2, 0.25) is 0 Å². The summed E-state index contributed by atoms with van der Waals surface area (Å²) in [5.41, 5.74) is 2.44. The van der Waals surface area contributed by atoms with Crippen LogP contribution in [0.4, 0.5) is 11.6 Å². The molecular weight excluding hydrogens is 416 g/mol. The average molecular weight is 447 g/mol. The van der Waals surface area contributed by atoms with Gasteiger partial charge in [-0.15, -0.1) is 10.2 Å². The Labute approximate surface area is 194 Å². The molecule has 1 aromatic carbocycles. The number of anilines is 2. The van der Waals surface area contributed by atoms with Crippen molar-refractivity contribution in [3.63, 3.8) is 0 Å². The van der Waals surface area contributed by atoms with Crippen LogP contribution in [0.5, 0.6) is 0 Å². The van der Waals surface area contributed by atoms with Crippen LogP contribution in [0, 0.1) is 0 Å². The summed E-state index contributed by atoms with van der Waals surface area (Å²) in [5, 5.41) is 13.5. The number of likely N-dealkylation sites (N-methyl/N-ethyl adjacent to an activating group) is 1. The van der Waals surface area contributed by atoms with Crippen molar-refractivity contribution in [2.45, 2.75) is 0 Å². The van der Waals surface area contributed by atoms with Gasteiger partial charge in [0.05, 0.1) is 5.69 Å². The number of amides is 1. The maximum Gasteiger partial charge on any atom is 0.272 e. The van der Waals surface area contributed by atoms with Crippen molar-refractivity contribution in [3.05, 3.63) is 54.2 Å². The second kappa shape index (κ2) is 9.19. The third kappa shape index (κ3) is 4.54. The molecule has 0 spiro atoms. The first-order chi connectivity index (χ1) is 16.1. The van der Waals surface area contributed by atoms with Crippen LogP contribution in [0.15, 0.2) is 48.5 Å². The maximum atomic E-state index is 13.2. The number of hydrogen-bond donors (Lipinski definition) is 0. The van der Waals surface area contributed by atoms with Crippen LogP contribution in [0.25, 0.3) is 11.3 Å². The van der Waals surface area contributed by atoms with Gasteiger partial charge < -0.3 is 19.6 Å². The predicted octanol–water partition coefficient (Wildman–Crippen LogP) is 1.59. The van der Waals surface area contributed by atoms with Crippen molar-refractivity contribution in [3.8, 4) is 11.3 Å². The van der Waals surface area contributed by atoms with E-state index in [-0.39, 0.29) is 5.91 Å². The number of carbonyl (C=O) groups excluding carboxylic acids is 1. The molecule has 2 saturated heterocycles. The van der Waals surface area contributed by atoms with E-state index in [1.807, 2.05) is 54.4 Å². The van der Waals surface area contributed by atoms with Crippen molar-refractivity contribution >= 4 is 17.5 Å². The van der Waals surface area contributed by atoms with E-state index in [2.05, 4.69) is 43.1 Å². The maximum absolute atomic E-state index is 13.2. The van der Waals surface area contributed by atoms with Crippen molar-refractivity contribution < 1.29 is 4.79 Å². The number of benzene rings is 1. The Balaban J connectivity index is 1.20. The first kappa shape index (κ1) is 21.4. The summed E-state index contributed by atoms with van der Waals surface area (Å²) in [4.78, 5) is 21.9. The molecule has 2 aliphatic heterocycles. The van der Waals surface area contributed by atoms with Crippen molar-refractivity contribution in [1.29, 1.82) is 0 Å². The van der Waals surface area contributed by atoms with Gasteiger partial charge in [-0.1, -0.05) is 30.3 Å². The number of hydrogen-bond acceptors (Lipinski definition) is 7. The van der Waals surface area contributed by atoms with Gasteiger partial charge in [-0.05, 0) is 25.2 Å². The van der Waals surface area contributed by atoms with Gasteiger partial charge >= 0.3 is 0 Å². The molecule has 0 N–H and O–H groups in total. The molecule has 0 radical (unpaired) electrons. The molecule has 0 saturated carbocycles. The summed E-state index contributed by atoms with van der Waals surface area (Å²) in [6.45, 7) is 6.80. The van der Waals surface area contributed by atoms with Crippen molar-refractivity contribution in [1.82, 2.24) is 29.8 Å². The largest absolute Gasteiger partial charge is 0.353 e. The van der Waals surface area contributed by atoms with E-state index in [9.17, 15) is 4.79 Å². The highest BCUT2D eigenvalue weighted by molar-refractivity contribution is 5.94. The van der Waals surface area contributed by atoms with Crippen molar-refractivity contribution in [2.75, 3.05) is 69.2 Å². The molecule has 3 aromatic rings. The third-order valence-corrected chi connectivity index (χ3v) is 6.52. The topological polar surface area (TPSA) is 73.6 Å². The Morgan fingerprint density at radius 2 is 1.33 bits per heavy atom. The molecule has 0 aliphatic carbocycles. The summed E-state index contributed by atoms with van der Waals surface area (Å²) in [7, 11) is 3.97. The zero-order valence-corrected chi connectivity index (χ0v) is 19.3. The van der Waals surface area contributed by atoms with Gasteiger partial charge in [0, 0.05) is 65.0 Å². The lowest BCUT2D eigenvalue weighted by molar-refractivity contribution is 0.0735. The number of piperazine rings is 2. The molecule has 1 amide bonds. The fourth-order valence-corrected chi connectivity index (χ4v) is 4.41. The van der Waals surface area contributed by atoms with Gasteiger partial charge in [-0.3, -0.25) is 9.48 Å². The van der Waals surface area contributed by atoms with Crippen LogP contribution in [0.3, 0.4) is 0 Å². The standard InChI is InChI=1S/C24H30N8O/c1-28-10-12-30(13-11-28)22-8-9-23(26-25-22)31-14-16-32(17-15-31)24(33)21-18-20(27-29(21)2)19-6-4-3-5-7-19/h3-9,18H,10-17H2,1-2H3. The Morgan fingerprint density at radius 3 is 1.91 bits per heavy atom. The molecular formula is C24H30N8O. The van der Waals surface area contributed by atoms with E-state index in [1.165, 1.54) is 0 Å². The molecule has 172 valence electrons. The first-order valence-electron chi connectivity index (χ1n) is 11.5. The Hall–Kier alpha value is -3.46. The smallest absolute Gasteiger partial charge is 0.272 e. The molecule has 2 fully saturated rings. The zero-order valence-electron chi connectivity index (χ0n) is 19.3. The molecule has 5 rings (SSSR count). The molecule has 4 heterocycles. The number of rotatable bonds is 4. The summed E-state index contributed by atoms with van der Waals surface area (Å²) in [6, 6.07) is 15.9. The minimum absolute atomic E-state index is 0.0170. The second-order valence-corrected chi connectivity index (χ2v) is 8.72. The quantitative estimate of drug-likeness (QED) is 0.603. The van der Waals surface area contributed by atoms with Crippen LogP contribution in [0.1, 0.15) is 10.5 Å². The number of carbonyl (C=O) groups is 1. The molecule has 2 aliphatic rings. The second-order valence-electron chi connectivity index (χ2n) is 8.72. The first-order valence-corrected chi connectivity index (χ1v) is 11.5. The Morgan fingerprint density at radius 1 is 0.758 bits per heavy atom. The minimum Gasteiger partial charge on any atom is -0.353 e. The summed E-state index contributed by atoms with van der Waals surface area (Å²) >= 11 is 0. The lowest BCUT2D eigenvalue weighted by atomic mass is 10.1. The Bertz CT molecular complexity index is 1080. The highest BCUT2D eigenvalue weighted by Crippen LogP contribution is 2.21. The number of aromatic nitrogens is 4. The van der Waals surface area contributed by atoms with Crippen LogP contribution in [-0.2, 0) is 7.05 Å². The fourth-order valence-electron chi connectivity index (χ4n) is 4.41. The van der Waals surface area contributed by atoms with E-state index in [0.717, 1.165) is 62.2 Å². The molecule has 0 unspecified atom stereocenters. The molecule has 9 nitrogen and oxygen atoms in total. The van der Waals surface area contributed by atoms with E-state index in [0.29, 0.717) is 18.8 Å². The van der Waals surface area contributed by atoms with Gasteiger partial charge in [-0.2, -0.15) is 5.10 Å². The van der Waals surface area contributed by atoms with E-state index in [1.54, 1.807) is 4.68 Å². The predicted molar refractivity (Wildman–Crippen MR) is 129 cm³/mol. The molecule has 2 aromatic heterocycles. The third-order valence-electron chi connectivity index (χ3n) is 6.52. The Kier molecular flexibility index (Phi) is 5.95. The molecule has 0 bridgehead atoms. The summed E-state index contributed by atoms with van der Waals surface area (Å²) in [5.74, 6) is 1.82. The zero-order chi connectivity index (χ0) is 22.8. The average Bonchev–Trinajstić information content (AvgIpc) is 3.26. The molecule has 9 heteroatoms. The summed E-state index contributed by atoms with van der Waals surface area (Å²) < 4.78 is 1.68.